The molecule has 3 aromatic rings. The van der Waals surface area contributed by atoms with E-state index in [1.54, 1.807) is 19.1 Å². The molecule has 1 aromatic heterocycles. The summed E-state index contributed by atoms with van der Waals surface area (Å²) < 4.78 is 0. The minimum atomic E-state index is -0.500. The number of aromatic nitrogens is 2. The van der Waals surface area contributed by atoms with Crippen LogP contribution in [0.4, 0.5) is 5.82 Å². The minimum absolute atomic E-state index is 0.0495. The van der Waals surface area contributed by atoms with E-state index in [0.29, 0.717) is 27.7 Å². The van der Waals surface area contributed by atoms with Crippen molar-refractivity contribution in [1.82, 2.24) is 9.97 Å². The van der Waals surface area contributed by atoms with Crippen molar-refractivity contribution in [3.63, 3.8) is 0 Å². The number of primary amides is 1. The summed E-state index contributed by atoms with van der Waals surface area (Å²) in [6.45, 7) is 3.93. The number of rotatable bonds is 6. The van der Waals surface area contributed by atoms with Gasteiger partial charge in [0, 0.05) is 10.4 Å². The van der Waals surface area contributed by atoms with Gasteiger partial charge in [-0.05, 0) is 43.2 Å². The molecule has 1 heterocycles. The fraction of sp³-hybridized carbons (Fsp3) is 0.250. The van der Waals surface area contributed by atoms with Crippen molar-refractivity contribution in [2.45, 2.75) is 32.7 Å². The highest BCUT2D eigenvalue weighted by atomic mass is 35.5. The predicted molar refractivity (Wildman–Crippen MR) is 106 cm³/mol. The number of hydrogen-bond donors (Lipinski definition) is 2. The molecular formula is C20H21ClN4O. The number of hydrogen-bond acceptors (Lipinski definition) is 4. The van der Waals surface area contributed by atoms with Crippen molar-refractivity contribution in [3.05, 3.63) is 64.4 Å². The zero-order valence-corrected chi connectivity index (χ0v) is 15.5. The molecule has 0 aliphatic heterocycles. The lowest BCUT2D eigenvalue weighted by atomic mass is 10.0. The smallest absolute Gasteiger partial charge is 0.250 e. The number of aryl methyl sites for hydroxylation is 1. The number of benzene rings is 2. The highest BCUT2D eigenvalue weighted by Crippen LogP contribution is 2.29. The fourth-order valence-corrected chi connectivity index (χ4v) is 3.27. The van der Waals surface area contributed by atoms with Crippen LogP contribution >= 0.6 is 11.6 Å². The number of nitrogens with zero attached hydrogens (tertiary/aromatic N) is 2. The Morgan fingerprint density at radius 3 is 2.69 bits per heavy atom. The normalized spacial score (nSPS) is 12.1. The Balaban J connectivity index is 2.09. The number of carbonyl (C=O) groups excluding carboxylic acids is 1. The minimum Gasteiger partial charge on any atom is -0.366 e. The third kappa shape index (κ3) is 3.78. The summed E-state index contributed by atoms with van der Waals surface area (Å²) in [5, 5.41) is 4.98. The summed E-state index contributed by atoms with van der Waals surface area (Å²) in [4.78, 5) is 20.7. The van der Waals surface area contributed by atoms with E-state index >= 15 is 0 Å². The molecule has 0 aliphatic carbocycles. The maximum absolute atomic E-state index is 11.7. The maximum Gasteiger partial charge on any atom is 0.250 e. The molecule has 0 unspecified atom stereocenters. The Morgan fingerprint density at radius 1 is 1.23 bits per heavy atom. The molecule has 0 bridgehead atoms. The molecule has 2 aromatic carbocycles. The van der Waals surface area contributed by atoms with Crippen LogP contribution in [0, 0.1) is 6.92 Å². The standard InChI is InChI=1S/C20H21ClN4O/c1-3-6-17(13-7-4-8-14(21)11-13)25-20-16-10-5-9-15(19(22)26)18(16)23-12(2)24-20/h4-5,7-11,17H,3,6H2,1-2H3,(H2,22,26)(H,23,24,25)/t17-/m1/s1. The molecule has 26 heavy (non-hydrogen) atoms. The van der Waals surface area contributed by atoms with E-state index in [9.17, 15) is 4.79 Å². The lowest BCUT2D eigenvalue weighted by molar-refractivity contribution is 0.100. The quantitative estimate of drug-likeness (QED) is 0.663. The van der Waals surface area contributed by atoms with Gasteiger partial charge in [0.1, 0.15) is 11.6 Å². The van der Waals surface area contributed by atoms with Crippen molar-refractivity contribution < 1.29 is 4.79 Å². The molecule has 1 atom stereocenters. The number of para-hydroxylation sites is 1. The topological polar surface area (TPSA) is 80.9 Å². The molecule has 0 saturated carbocycles. The Bertz CT molecular complexity index is 958. The van der Waals surface area contributed by atoms with Gasteiger partial charge in [-0.25, -0.2) is 9.97 Å². The number of anilines is 1. The lowest BCUT2D eigenvalue weighted by Gasteiger charge is -2.21. The van der Waals surface area contributed by atoms with Crippen LogP contribution < -0.4 is 11.1 Å². The number of halogens is 1. The second-order valence-electron chi connectivity index (χ2n) is 6.23. The first-order chi connectivity index (χ1) is 12.5. The molecule has 0 radical (unpaired) electrons. The molecule has 1 amide bonds. The first-order valence-electron chi connectivity index (χ1n) is 8.58. The monoisotopic (exact) mass is 368 g/mol. The van der Waals surface area contributed by atoms with Gasteiger partial charge in [0.15, 0.2) is 0 Å². The molecular weight excluding hydrogens is 348 g/mol. The Kier molecular flexibility index (Phi) is 5.38. The zero-order chi connectivity index (χ0) is 18.7. The van der Waals surface area contributed by atoms with Crippen LogP contribution in [0.25, 0.3) is 10.9 Å². The first-order valence-corrected chi connectivity index (χ1v) is 8.96. The molecule has 0 spiro atoms. The molecule has 3 N–H and O–H groups in total. The summed E-state index contributed by atoms with van der Waals surface area (Å²) in [7, 11) is 0. The van der Waals surface area contributed by atoms with Crippen molar-refractivity contribution in [2.75, 3.05) is 5.32 Å². The van der Waals surface area contributed by atoms with Crippen LogP contribution in [-0.4, -0.2) is 15.9 Å². The van der Waals surface area contributed by atoms with Crippen LogP contribution in [0.5, 0.6) is 0 Å². The van der Waals surface area contributed by atoms with Crippen molar-refractivity contribution in [1.29, 1.82) is 0 Å². The van der Waals surface area contributed by atoms with E-state index in [2.05, 4.69) is 22.2 Å². The van der Waals surface area contributed by atoms with Crippen LogP contribution in [-0.2, 0) is 0 Å². The van der Waals surface area contributed by atoms with E-state index in [0.717, 1.165) is 23.8 Å². The molecule has 0 aliphatic rings. The Labute approximate surface area is 157 Å². The molecule has 5 nitrogen and oxygen atoms in total. The van der Waals surface area contributed by atoms with Gasteiger partial charge in [-0.15, -0.1) is 0 Å². The van der Waals surface area contributed by atoms with Gasteiger partial charge in [0.25, 0.3) is 5.91 Å². The van der Waals surface area contributed by atoms with Crippen LogP contribution in [0.15, 0.2) is 42.5 Å². The van der Waals surface area contributed by atoms with Gasteiger partial charge in [-0.3, -0.25) is 4.79 Å². The van der Waals surface area contributed by atoms with Crippen LogP contribution in [0.2, 0.25) is 5.02 Å². The van der Waals surface area contributed by atoms with Gasteiger partial charge in [-0.2, -0.15) is 0 Å². The number of fused-ring (bicyclic) bond motifs is 1. The van der Waals surface area contributed by atoms with Gasteiger partial charge < -0.3 is 11.1 Å². The third-order valence-electron chi connectivity index (χ3n) is 4.24. The summed E-state index contributed by atoms with van der Waals surface area (Å²) >= 11 is 6.16. The van der Waals surface area contributed by atoms with E-state index < -0.39 is 5.91 Å². The van der Waals surface area contributed by atoms with E-state index in [1.807, 2.05) is 30.3 Å². The zero-order valence-electron chi connectivity index (χ0n) is 14.8. The summed E-state index contributed by atoms with van der Waals surface area (Å²) in [6.07, 6.45) is 1.92. The van der Waals surface area contributed by atoms with Gasteiger partial charge in [0.05, 0.1) is 17.1 Å². The number of carbonyl (C=O) groups is 1. The average molecular weight is 369 g/mol. The SMILES string of the molecule is CCC[C@@H](Nc1nc(C)nc2c(C(N)=O)cccc12)c1cccc(Cl)c1. The molecule has 134 valence electrons. The number of nitrogens with one attached hydrogen (secondary N) is 1. The van der Waals surface area contributed by atoms with Crippen LogP contribution in [0.3, 0.4) is 0 Å². The summed E-state index contributed by atoms with van der Waals surface area (Å²) in [6, 6.07) is 13.2. The number of nitrogens with two attached hydrogens (primary N) is 1. The highest BCUT2D eigenvalue weighted by Gasteiger charge is 2.17. The van der Waals surface area contributed by atoms with Crippen molar-refractivity contribution in [2.24, 2.45) is 5.73 Å². The molecule has 3 rings (SSSR count). The summed E-state index contributed by atoms with van der Waals surface area (Å²) in [5.74, 6) is 0.767. The second kappa shape index (κ2) is 7.70. The van der Waals surface area contributed by atoms with Crippen molar-refractivity contribution >= 4 is 34.2 Å². The molecule has 0 saturated heterocycles. The van der Waals surface area contributed by atoms with Crippen molar-refractivity contribution in [3.8, 4) is 0 Å². The van der Waals surface area contributed by atoms with E-state index in [-0.39, 0.29) is 6.04 Å². The highest BCUT2D eigenvalue weighted by molar-refractivity contribution is 6.30. The van der Waals surface area contributed by atoms with Gasteiger partial charge in [-0.1, -0.05) is 43.1 Å². The summed E-state index contributed by atoms with van der Waals surface area (Å²) in [5.41, 5.74) is 7.56. The van der Waals surface area contributed by atoms with Crippen LogP contribution in [0.1, 0.15) is 47.6 Å². The van der Waals surface area contributed by atoms with Gasteiger partial charge in [0.2, 0.25) is 0 Å². The fourth-order valence-electron chi connectivity index (χ4n) is 3.07. The Morgan fingerprint density at radius 2 is 2.00 bits per heavy atom. The molecule has 0 fully saturated rings. The third-order valence-corrected chi connectivity index (χ3v) is 4.48. The average Bonchev–Trinajstić information content (AvgIpc) is 2.60. The lowest BCUT2D eigenvalue weighted by Crippen LogP contribution is -2.15. The van der Waals surface area contributed by atoms with Gasteiger partial charge >= 0.3 is 0 Å². The molecule has 6 heteroatoms. The van der Waals surface area contributed by atoms with E-state index in [4.69, 9.17) is 17.3 Å². The maximum atomic E-state index is 11.7. The second-order valence-corrected chi connectivity index (χ2v) is 6.66. The Hall–Kier alpha value is -2.66. The van der Waals surface area contributed by atoms with E-state index in [1.165, 1.54) is 0 Å². The number of amides is 1. The first kappa shape index (κ1) is 18.1. The largest absolute Gasteiger partial charge is 0.366 e. The predicted octanol–water partition coefficient (Wildman–Crippen LogP) is 4.64.